The van der Waals surface area contributed by atoms with Crippen molar-refractivity contribution in [3.63, 3.8) is 0 Å². The molecule has 0 atom stereocenters. The van der Waals surface area contributed by atoms with E-state index in [9.17, 15) is 0 Å². The Hall–Kier alpha value is -1.26. The van der Waals surface area contributed by atoms with E-state index in [1.807, 2.05) is 12.1 Å². The van der Waals surface area contributed by atoms with Crippen molar-refractivity contribution in [2.45, 2.75) is 6.54 Å². The maximum atomic E-state index is 8.93. The Morgan fingerprint density at radius 3 is 2.88 bits per heavy atom. The minimum atomic E-state index is 0.303. The number of hydrogen-bond donors (Lipinski definition) is 1. The summed E-state index contributed by atoms with van der Waals surface area (Å²) in [4.78, 5) is 2.32. The van der Waals surface area contributed by atoms with Gasteiger partial charge in [-0.15, -0.1) is 0 Å². The van der Waals surface area contributed by atoms with Crippen LogP contribution in [-0.2, 0) is 6.54 Å². The van der Waals surface area contributed by atoms with Gasteiger partial charge in [-0.2, -0.15) is 0 Å². The molecule has 0 bridgehead atoms. The van der Waals surface area contributed by atoms with Gasteiger partial charge in [0.25, 0.3) is 0 Å². The molecule has 0 amide bonds. The number of aliphatic hydroxyl groups is 1. The monoisotopic (exact) mass is 221 g/mol. The lowest BCUT2D eigenvalue weighted by Gasteiger charge is -2.38. The van der Waals surface area contributed by atoms with Crippen molar-refractivity contribution in [3.8, 4) is 11.5 Å². The topological polar surface area (TPSA) is 41.9 Å². The molecule has 16 heavy (non-hydrogen) atoms. The van der Waals surface area contributed by atoms with Crippen molar-refractivity contribution in [2.24, 2.45) is 5.92 Å². The van der Waals surface area contributed by atoms with Crippen LogP contribution in [0.4, 0.5) is 0 Å². The summed E-state index contributed by atoms with van der Waals surface area (Å²) in [6.07, 6.45) is 0. The molecule has 1 N–H and O–H groups in total. The zero-order valence-electron chi connectivity index (χ0n) is 9.06. The smallest absolute Gasteiger partial charge is 0.231 e. The first kappa shape index (κ1) is 9.93. The maximum Gasteiger partial charge on any atom is 0.231 e. The third-order valence-electron chi connectivity index (χ3n) is 3.13. The van der Waals surface area contributed by atoms with Crippen LogP contribution in [0.1, 0.15) is 5.56 Å². The SMILES string of the molecule is OCC1CN(Cc2ccc3c(c2)OCO3)C1. The molecule has 3 rings (SSSR count). The molecule has 1 fully saturated rings. The van der Waals surface area contributed by atoms with Crippen LogP contribution in [0.15, 0.2) is 18.2 Å². The Balaban J connectivity index is 1.63. The van der Waals surface area contributed by atoms with Crippen molar-refractivity contribution in [3.05, 3.63) is 23.8 Å². The van der Waals surface area contributed by atoms with Gasteiger partial charge in [0.1, 0.15) is 0 Å². The number of benzene rings is 1. The highest BCUT2D eigenvalue weighted by atomic mass is 16.7. The molecule has 1 aromatic rings. The van der Waals surface area contributed by atoms with Crippen LogP contribution in [0, 0.1) is 5.92 Å². The second kappa shape index (κ2) is 3.96. The Kier molecular flexibility index (Phi) is 2.46. The fourth-order valence-corrected chi connectivity index (χ4v) is 2.22. The van der Waals surface area contributed by atoms with Gasteiger partial charge in [-0.3, -0.25) is 4.90 Å². The second-order valence-corrected chi connectivity index (χ2v) is 4.43. The number of rotatable bonds is 3. The lowest BCUT2D eigenvalue weighted by atomic mass is 10.0. The van der Waals surface area contributed by atoms with E-state index in [1.165, 1.54) is 5.56 Å². The highest BCUT2D eigenvalue weighted by Gasteiger charge is 2.26. The molecule has 1 aromatic carbocycles. The van der Waals surface area contributed by atoms with Crippen molar-refractivity contribution < 1.29 is 14.6 Å². The van der Waals surface area contributed by atoms with Crippen LogP contribution in [0.25, 0.3) is 0 Å². The molecule has 0 spiro atoms. The Labute approximate surface area is 94.4 Å². The van der Waals surface area contributed by atoms with E-state index in [0.717, 1.165) is 31.1 Å². The molecule has 0 aliphatic carbocycles. The van der Waals surface area contributed by atoms with Crippen molar-refractivity contribution in [1.29, 1.82) is 0 Å². The number of fused-ring (bicyclic) bond motifs is 1. The normalized spacial score (nSPS) is 19.8. The van der Waals surface area contributed by atoms with E-state index >= 15 is 0 Å². The average Bonchev–Trinajstić information content (AvgIpc) is 2.69. The first-order valence-electron chi connectivity index (χ1n) is 5.57. The van der Waals surface area contributed by atoms with E-state index in [4.69, 9.17) is 14.6 Å². The first-order chi connectivity index (χ1) is 7.85. The Morgan fingerprint density at radius 2 is 2.06 bits per heavy atom. The van der Waals surface area contributed by atoms with Crippen molar-refractivity contribution in [1.82, 2.24) is 4.90 Å². The predicted molar refractivity (Wildman–Crippen MR) is 58.4 cm³/mol. The second-order valence-electron chi connectivity index (χ2n) is 4.43. The summed E-state index contributed by atoms with van der Waals surface area (Å²) in [6, 6.07) is 6.06. The lowest BCUT2D eigenvalue weighted by molar-refractivity contribution is 0.0479. The van der Waals surface area contributed by atoms with Gasteiger partial charge in [0.05, 0.1) is 0 Å². The minimum Gasteiger partial charge on any atom is -0.454 e. The van der Waals surface area contributed by atoms with Gasteiger partial charge < -0.3 is 14.6 Å². The highest BCUT2D eigenvalue weighted by Crippen LogP contribution is 2.33. The molecule has 0 aromatic heterocycles. The van der Waals surface area contributed by atoms with Crippen molar-refractivity contribution in [2.75, 3.05) is 26.5 Å². The summed E-state index contributed by atoms with van der Waals surface area (Å²) >= 11 is 0. The van der Waals surface area contributed by atoms with Gasteiger partial charge in [-0.05, 0) is 17.7 Å². The molecule has 1 saturated heterocycles. The van der Waals surface area contributed by atoms with E-state index in [1.54, 1.807) is 0 Å². The zero-order chi connectivity index (χ0) is 11.0. The van der Waals surface area contributed by atoms with Crippen LogP contribution < -0.4 is 9.47 Å². The number of aliphatic hydroxyl groups excluding tert-OH is 1. The van der Waals surface area contributed by atoms with E-state index in [-0.39, 0.29) is 0 Å². The third-order valence-corrected chi connectivity index (χ3v) is 3.13. The number of nitrogens with zero attached hydrogens (tertiary/aromatic N) is 1. The molecule has 4 nitrogen and oxygen atoms in total. The Bertz CT molecular complexity index is 388. The molecule has 2 aliphatic rings. The summed E-state index contributed by atoms with van der Waals surface area (Å²) in [5.74, 6) is 2.14. The quantitative estimate of drug-likeness (QED) is 0.821. The molecular weight excluding hydrogens is 206 g/mol. The van der Waals surface area contributed by atoms with Gasteiger partial charge in [0, 0.05) is 32.2 Å². The van der Waals surface area contributed by atoms with E-state index in [0.29, 0.717) is 19.3 Å². The summed E-state index contributed by atoms with van der Waals surface area (Å²) in [5.41, 5.74) is 1.24. The van der Waals surface area contributed by atoms with Crippen LogP contribution >= 0.6 is 0 Å². The van der Waals surface area contributed by atoms with E-state index in [2.05, 4.69) is 11.0 Å². The van der Waals surface area contributed by atoms with Gasteiger partial charge >= 0.3 is 0 Å². The average molecular weight is 221 g/mol. The van der Waals surface area contributed by atoms with Gasteiger partial charge in [-0.1, -0.05) is 6.07 Å². The highest BCUT2D eigenvalue weighted by molar-refractivity contribution is 5.44. The standard InChI is InChI=1S/C12H15NO3/c14-7-10-5-13(6-10)4-9-1-2-11-12(3-9)16-8-15-11/h1-3,10,14H,4-8H2. The predicted octanol–water partition coefficient (Wildman–Crippen LogP) is 0.839. The summed E-state index contributed by atoms with van der Waals surface area (Å²) in [7, 11) is 0. The minimum absolute atomic E-state index is 0.303. The van der Waals surface area contributed by atoms with E-state index < -0.39 is 0 Å². The Morgan fingerprint density at radius 1 is 1.25 bits per heavy atom. The largest absolute Gasteiger partial charge is 0.454 e. The van der Waals surface area contributed by atoms with Crippen LogP contribution in [-0.4, -0.2) is 36.5 Å². The molecule has 0 radical (unpaired) electrons. The van der Waals surface area contributed by atoms with Crippen LogP contribution in [0.3, 0.4) is 0 Å². The molecular formula is C12H15NO3. The zero-order valence-corrected chi connectivity index (χ0v) is 9.06. The summed E-state index contributed by atoms with van der Waals surface area (Å²) in [5, 5.41) is 8.93. The fraction of sp³-hybridized carbons (Fsp3) is 0.500. The molecule has 0 unspecified atom stereocenters. The lowest BCUT2D eigenvalue weighted by Crippen LogP contribution is -2.47. The van der Waals surface area contributed by atoms with Crippen molar-refractivity contribution >= 4 is 0 Å². The van der Waals surface area contributed by atoms with Gasteiger partial charge in [0.2, 0.25) is 6.79 Å². The fourth-order valence-electron chi connectivity index (χ4n) is 2.22. The molecule has 2 aliphatic heterocycles. The maximum absolute atomic E-state index is 8.93. The molecule has 4 heteroatoms. The van der Waals surface area contributed by atoms with Crippen LogP contribution in [0.2, 0.25) is 0 Å². The number of likely N-dealkylation sites (tertiary alicyclic amines) is 1. The summed E-state index contributed by atoms with van der Waals surface area (Å²) in [6.45, 7) is 3.54. The summed E-state index contributed by atoms with van der Waals surface area (Å²) < 4.78 is 10.6. The van der Waals surface area contributed by atoms with Gasteiger partial charge in [-0.25, -0.2) is 0 Å². The number of hydrogen-bond acceptors (Lipinski definition) is 4. The number of ether oxygens (including phenoxy) is 2. The van der Waals surface area contributed by atoms with Gasteiger partial charge in [0.15, 0.2) is 11.5 Å². The van der Waals surface area contributed by atoms with Crippen LogP contribution in [0.5, 0.6) is 11.5 Å². The first-order valence-corrected chi connectivity index (χ1v) is 5.57. The molecule has 86 valence electrons. The molecule has 0 saturated carbocycles. The molecule has 2 heterocycles. The third kappa shape index (κ3) is 1.74.